The summed E-state index contributed by atoms with van der Waals surface area (Å²) in [6.45, 7) is 2.52. The number of rotatable bonds is 5. The highest BCUT2D eigenvalue weighted by Crippen LogP contribution is 2.21. The van der Waals surface area contributed by atoms with Crippen molar-refractivity contribution in [3.63, 3.8) is 0 Å². The van der Waals surface area contributed by atoms with E-state index in [2.05, 4.69) is 10.2 Å². The number of benzene rings is 1. The third-order valence-electron chi connectivity index (χ3n) is 2.90. The summed E-state index contributed by atoms with van der Waals surface area (Å²) in [6, 6.07) is 4.76. The molecule has 0 amide bonds. The number of aromatic nitrogens is 3. The largest absolute Gasteiger partial charge is 0.388 e. The fourth-order valence-corrected chi connectivity index (χ4v) is 1.87. The molecule has 2 aromatic rings. The van der Waals surface area contributed by atoms with Crippen LogP contribution in [0.1, 0.15) is 11.4 Å². The first-order chi connectivity index (χ1) is 9.17. The van der Waals surface area contributed by atoms with Gasteiger partial charge in [-0.3, -0.25) is 0 Å². The van der Waals surface area contributed by atoms with Gasteiger partial charge in [0.25, 0.3) is 0 Å². The van der Waals surface area contributed by atoms with Gasteiger partial charge in [0, 0.05) is 19.2 Å². The molecule has 1 aromatic carbocycles. The van der Waals surface area contributed by atoms with Gasteiger partial charge in [-0.2, -0.15) is 0 Å². The average Bonchev–Trinajstić information content (AvgIpc) is 2.82. The number of methoxy groups -OCH3 is 1. The zero-order chi connectivity index (χ0) is 13.8. The Morgan fingerprint density at radius 3 is 2.79 bits per heavy atom. The van der Waals surface area contributed by atoms with Crippen LogP contribution in [-0.2, 0) is 17.9 Å². The minimum atomic E-state index is -0.255. The number of nitrogens with zero attached hydrogens (tertiary/aromatic N) is 3. The van der Waals surface area contributed by atoms with E-state index >= 15 is 0 Å². The van der Waals surface area contributed by atoms with Gasteiger partial charge < -0.3 is 14.4 Å². The number of aliphatic hydroxyl groups is 1. The molecule has 0 fully saturated rings. The molecule has 0 spiro atoms. The predicted octanol–water partition coefficient (Wildman–Crippen LogP) is 1.53. The van der Waals surface area contributed by atoms with Crippen LogP contribution in [0.15, 0.2) is 18.2 Å². The topological polar surface area (TPSA) is 60.2 Å². The maximum Gasteiger partial charge on any atom is 0.164 e. The van der Waals surface area contributed by atoms with E-state index in [1.807, 2.05) is 0 Å². The van der Waals surface area contributed by atoms with Crippen molar-refractivity contribution >= 4 is 0 Å². The molecule has 6 heteroatoms. The lowest BCUT2D eigenvalue weighted by Gasteiger charge is -2.09. The summed E-state index contributed by atoms with van der Waals surface area (Å²) in [6.07, 6.45) is 0. The molecule has 0 saturated heterocycles. The summed E-state index contributed by atoms with van der Waals surface area (Å²) in [5.74, 6) is 0.812. The van der Waals surface area contributed by atoms with Crippen LogP contribution in [0.5, 0.6) is 0 Å². The average molecular weight is 265 g/mol. The molecule has 2 rings (SSSR count). The summed E-state index contributed by atoms with van der Waals surface area (Å²) in [7, 11) is 1.60. The Hall–Kier alpha value is -1.79. The second kappa shape index (κ2) is 5.90. The van der Waals surface area contributed by atoms with E-state index in [0.717, 1.165) is 5.56 Å². The maximum absolute atomic E-state index is 13.3. The maximum atomic E-state index is 13.3. The van der Waals surface area contributed by atoms with Crippen molar-refractivity contribution < 1.29 is 14.2 Å². The molecule has 5 nitrogen and oxygen atoms in total. The van der Waals surface area contributed by atoms with E-state index in [-0.39, 0.29) is 12.4 Å². The highest BCUT2D eigenvalue weighted by atomic mass is 19.1. The van der Waals surface area contributed by atoms with Crippen molar-refractivity contribution in [2.45, 2.75) is 20.1 Å². The first kappa shape index (κ1) is 13.6. The van der Waals surface area contributed by atoms with Crippen LogP contribution in [0.2, 0.25) is 0 Å². The van der Waals surface area contributed by atoms with Crippen LogP contribution in [0, 0.1) is 12.7 Å². The minimum absolute atomic E-state index is 0.198. The Morgan fingerprint density at radius 1 is 1.37 bits per heavy atom. The summed E-state index contributed by atoms with van der Waals surface area (Å²) < 4.78 is 20.1. The van der Waals surface area contributed by atoms with Crippen LogP contribution < -0.4 is 0 Å². The second-order valence-electron chi connectivity index (χ2n) is 4.21. The van der Waals surface area contributed by atoms with Crippen LogP contribution >= 0.6 is 0 Å². The highest BCUT2D eigenvalue weighted by Gasteiger charge is 2.13. The molecule has 0 aliphatic heterocycles. The lowest BCUT2D eigenvalue weighted by atomic mass is 10.1. The Morgan fingerprint density at radius 2 is 2.16 bits per heavy atom. The lowest BCUT2D eigenvalue weighted by molar-refractivity contribution is 0.183. The zero-order valence-electron chi connectivity index (χ0n) is 10.9. The van der Waals surface area contributed by atoms with E-state index in [4.69, 9.17) is 4.74 Å². The molecule has 0 aliphatic carbocycles. The Kier molecular flexibility index (Phi) is 4.24. The van der Waals surface area contributed by atoms with Crippen molar-refractivity contribution in [3.8, 4) is 11.4 Å². The molecule has 0 aliphatic rings. The van der Waals surface area contributed by atoms with Gasteiger partial charge in [0.05, 0.1) is 6.61 Å². The monoisotopic (exact) mass is 265 g/mol. The fraction of sp³-hybridized carbons (Fsp3) is 0.385. The highest BCUT2D eigenvalue weighted by molar-refractivity contribution is 5.56. The standard InChI is InChI=1S/C13H16FN3O2/c1-9-7-10(3-4-11(9)14)13-16-15-12(8-18)17(13)5-6-19-2/h3-4,7,18H,5-6,8H2,1-2H3. The van der Waals surface area contributed by atoms with E-state index in [1.54, 1.807) is 30.7 Å². The first-order valence-corrected chi connectivity index (χ1v) is 5.95. The van der Waals surface area contributed by atoms with Crippen molar-refractivity contribution in [1.29, 1.82) is 0 Å². The normalized spacial score (nSPS) is 10.9. The van der Waals surface area contributed by atoms with Gasteiger partial charge in [0.2, 0.25) is 0 Å². The van der Waals surface area contributed by atoms with Crippen LogP contribution in [0.3, 0.4) is 0 Å². The quantitative estimate of drug-likeness (QED) is 0.890. The SMILES string of the molecule is COCCn1c(CO)nnc1-c1ccc(F)c(C)c1. The molecule has 0 saturated carbocycles. The number of halogens is 1. The number of hydrogen-bond acceptors (Lipinski definition) is 4. The number of aryl methyl sites for hydroxylation is 1. The molecule has 0 atom stereocenters. The summed E-state index contributed by atoms with van der Waals surface area (Å²) in [4.78, 5) is 0. The van der Waals surface area contributed by atoms with Crippen LogP contribution in [0.4, 0.5) is 4.39 Å². The van der Waals surface area contributed by atoms with Crippen LogP contribution in [-0.4, -0.2) is 33.6 Å². The molecule has 19 heavy (non-hydrogen) atoms. The van der Waals surface area contributed by atoms with E-state index < -0.39 is 0 Å². The van der Waals surface area contributed by atoms with Gasteiger partial charge in [0.15, 0.2) is 11.6 Å². The molecule has 1 heterocycles. The number of aliphatic hydroxyl groups excluding tert-OH is 1. The third-order valence-corrected chi connectivity index (χ3v) is 2.90. The Balaban J connectivity index is 2.42. The predicted molar refractivity (Wildman–Crippen MR) is 68.0 cm³/mol. The molecule has 1 N–H and O–H groups in total. The molecule has 102 valence electrons. The summed E-state index contributed by atoms with van der Waals surface area (Å²) in [5, 5.41) is 17.2. The molecule has 0 unspecified atom stereocenters. The van der Waals surface area contributed by atoms with Crippen molar-refractivity contribution in [1.82, 2.24) is 14.8 Å². The molecule has 1 aromatic heterocycles. The van der Waals surface area contributed by atoms with Gasteiger partial charge in [-0.05, 0) is 30.7 Å². The number of ether oxygens (including phenoxy) is 1. The van der Waals surface area contributed by atoms with Crippen molar-refractivity contribution in [2.24, 2.45) is 0 Å². The van der Waals surface area contributed by atoms with Gasteiger partial charge >= 0.3 is 0 Å². The van der Waals surface area contributed by atoms with Crippen molar-refractivity contribution in [2.75, 3.05) is 13.7 Å². The number of hydrogen-bond donors (Lipinski definition) is 1. The first-order valence-electron chi connectivity index (χ1n) is 5.95. The molecule has 0 radical (unpaired) electrons. The fourth-order valence-electron chi connectivity index (χ4n) is 1.87. The second-order valence-corrected chi connectivity index (χ2v) is 4.21. The summed E-state index contributed by atoms with van der Waals surface area (Å²) >= 11 is 0. The van der Waals surface area contributed by atoms with Crippen molar-refractivity contribution in [3.05, 3.63) is 35.4 Å². The van der Waals surface area contributed by atoms with Gasteiger partial charge in [0.1, 0.15) is 12.4 Å². The molecule has 0 bridgehead atoms. The molecular formula is C13H16FN3O2. The lowest BCUT2D eigenvalue weighted by Crippen LogP contribution is -2.10. The van der Waals surface area contributed by atoms with E-state index in [0.29, 0.717) is 30.4 Å². The Bertz CT molecular complexity index is 569. The zero-order valence-corrected chi connectivity index (χ0v) is 10.9. The Labute approximate surface area is 110 Å². The van der Waals surface area contributed by atoms with Gasteiger partial charge in [-0.15, -0.1) is 10.2 Å². The van der Waals surface area contributed by atoms with Crippen LogP contribution in [0.25, 0.3) is 11.4 Å². The van der Waals surface area contributed by atoms with E-state index in [1.165, 1.54) is 6.07 Å². The van der Waals surface area contributed by atoms with Gasteiger partial charge in [-0.1, -0.05) is 0 Å². The third kappa shape index (κ3) is 2.80. The summed E-state index contributed by atoms with van der Waals surface area (Å²) in [5.41, 5.74) is 1.31. The van der Waals surface area contributed by atoms with Gasteiger partial charge in [-0.25, -0.2) is 4.39 Å². The minimum Gasteiger partial charge on any atom is -0.388 e. The smallest absolute Gasteiger partial charge is 0.164 e. The molecular weight excluding hydrogens is 249 g/mol. The van der Waals surface area contributed by atoms with E-state index in [9.17, 15) is 9.50 Å².